The number of rotatable bonds is 12. The van der Waals surface area contributed by atoms with E-state index in [0.29, 0.717) is 0 Å². The summed E-state index contributed by atoms with van der Waals surface area (Å²) in [6, 6.07) is 0. The van der Waals surface area contributed by atoms with Crippen LogP contribution >= 0.6 is 0 Å². The Morgan fingerprint density at radius 3 is 1.74 bits per heavy atom. The van der Waals surface area contributed by atoms with Crippen LogP contribution in [-0.4, -0.2) is 11.1 Å². The Balaban J connectivity index is 3.26. The highest BCUT2D eigenvalue weighted by molar-refractivity contribution is 5.73. The highest BCUT2D eigenvalue weighted by Crippen LogP contribution is 2.24. The molecule has 0 spiro atoms. The van der Waals surface area contributed by atoms with Crippen LogP contribution in [0.15, 0.2) is 0 Å². The first kappa shape index (κ1) is 18.5. The van der Waals surface area contributed by atoms with Gasteiger partial charge in [0.05, 0.1) is 5.41 Å². The Labute approximate surface area is 120 Å². The fourth-order valence-electron chi connectivity index (χ4n) is 2.29. The van der Waals surface area contributed by atoms with Gasteiger partial charge in [0, 0.05) is 0 Å². The summed E-state index contributed by atoms with van der Waals surface area (Å²) < 4.78 is 0. The quantitative estimate of drug-likeness (QED) is 0.465. The van der Waals surface area contributed by atoms with Gasteiger partial charge in [0.25, 0.3) is 0 Å². The van der Waals surface area contributed by atoms with Gasteiger partial charge in [0.2, 0.25) is 0 Å². The van der Waals surface area contributed by atoms with Crippen molar-refractivity contribution in [3.05, 3.63) is 0 Å². The molecule has 2 heteroatoms. The molecule has 19 heavy (non-hydrogen) atoms. The van der Waals surface area contributed by atoms with Gasteiger partial charge in [0.15, 0.2) is 0 Å². The van der Waals surface area contributed by atoms with Crippen LogP contribution < -0.4 is 0 Å². The fraction of sp³-hybridized carbons (Fsp3) is 0.941. The van der Waals surface area contributed by atoms with Crippen LogP contribution in [0.5, 0.6) is 0 Å². The van der Waals surface area contributed by atoms with Crippen molar-refractivity contribution < 1.29 is 9.90 Å². The lowest BCUT2D eigenvalue weighted by molar-refractivity contribution is -0.147. The lowest BCUT2D eigenvalue weighted by Gasteiger charge is -2.18. The summed E-state index contributed by atoms with van der Waals surface area (Å²) in [6.07, 6.45) is 12.5. The molecule has 0 radical (unpaired) electrons. The molecule has 0 heterocycles. The molecular formula is C17H34O2. The molecule has 0 aromatic rings. The summed E-state index contributed by atoms with van der Waals surface area (Å²) >= 11 is 0. The van der Waals surface area contributed by atoms with E-state index in [-0.39, 0.29) is 0 Å². The third-order valence-corrected chi connectivity index (χ3v) is 3.91. The van der Waals surface area contributed by atoms with Crippen LogP contribution in [0.1, 0.15) is 91.9 Å². The minimum absolute atomic E-state index is 0.545. The molecule has 0 aromatic carbocycles. The van der Waals surface area contributed by atoms with Gasteiger partial charge in [-0.1, -0.05) is 71.6 Å². The lowest BCUT2D eigenvalue weighted by Crippen LogP contribution is -2.23. The minimum atomic E-state index is -0.669. The van der Waals surface area contributed by atoms with Gasteiger partial charge in [-0.2, -0.15) is 0 Å². The fourth-order valence-corrected chi connectivity index (χ4v) is 2.29. The van der Waals surface area contributed by atoms with Crippen molar-refractivity contribution in [3.63, 3.8) is 0 Å². The van der Waals surface area contributed by atoms with E-state index >= 15 is 0 Å². The smallest absolute Gasteiger partial charge is 0.309 e. The molecule has 0 saturated carbocycles. The molecule has 0 aliphatic rings. The third kappa shape index (κ3) is 11.0. The van der Waals surface area contributed by atoms with E-state index in [9.17, 15) is 4.79 Å². The minimum Gasteiger partial charge on any atom is -0.481 e. The number of carboxylic acids is 1. The standard InChI is InChI=1S/C17H34O2/c1-15(2)13-11-9-7-5-6-8-10-12-14-17(3,4)16(18)19/h15H,5-14H2,1-4H3,(H,18,19). The Bertz CT molecular complexity index is 231. The summed E-state index contributed by atoms with van der Waals surface area (Å²) in [5.74, 6) is 0.176. The molecule has 114 valence electrons. The highest BCUT2D eigenvalue weighted by atomic mass is 16.4. The largest absolute Gasteiger partial charge is 0.481 e. The summed E-state index contributed by atoms with van der Waals surface area (Å²) in [5.41, 5.74) is -0.545. The van der Waals surface area contributed by atoms with Crippen molar-refractivity contribution in [2.45, 2.75) is 91.9 Å². The monoisotopic (exact) mass is 270 g/mol. The molecule has 0 rings (SSSR count). The van der Waals surface area contributed by atoms with Crippen LogP contribution in [0.4, 0.5) is 0 Å². The molecule has 0 aromatic heterocycles. The molecule has 0 fully saturated rings. The van der Waals surface area contributed by atoms with E-state index in [4.69, 9.17) is 5.11 Å². The van der Waals surface area contributed by atoms with Gasteiger partial charge in [-0.25, -0.2) is 0 Å². The van der Waals surface area contributed by atoms with E-state index in [1.807, 2.05) is 13.8 Å². The van der Waals surface area contributed by atoms with Crippen molar-refractivity contribution in [3.8, 4) is 0 Å². The van der Waals surface area contributed by atoms with Crippen molar-refractivity contribution >= 4 is 5.97 Å². The average molecular weight is 270 g/mol. The number of aliphatic carboxylic acids is 1. The number of hydrogen-bond acceptors (Lipinski definition) is 1. The van der Waals surface area contributed by atoms with Crippen molar-refractivity contribution in [1.29, 1.82) is 0 Å². The zero-order valence-corrected chi connectivity index (χ0v) is 13.5. The van der Waals surface area contributed by atoms with Crippen LogP contribution in [0.3, 0.4) is 0 Å². The van der Waals surface area contributed by atoms with E-state index in [1.54, 1.807) is 0 Å². The highest BCUT2D eigenvalue weighted by Gasteiger charge is 2.25. The molecule has 1 N–H and O–H groups in total. The molecule has 0 atom stereocenters. The van der Waals surface area contributed by atoms with E-state index in [0.717, 1.165) is 18.8 Å². The first-order valence-electron chi connectivity index (χ1n) is 8.09. The first-order chi connectivity index (χ1) is 8.86. The maximum absolute atomic E-state index is 10.9. The Hall–Kier alpha value is -0.530. The predicted octanol–water partition coefficient (Wildman–Crippen LogP) is 5.65. The Morgan fingerprint density at radius 2 is 1.32 bits per heavy atom. The van der Waals surface area contributed by atoms with Crippen LogP contribution in [0.25, 0.3) is 0 Å². The average Bonchev–Trinajstić information content (AvgIpc) is 2.30. The van der Waals surface area contributed by atoms with Gasteiger partial charge in [-0.15, -0.1) is 0 Å². The number of unbranched alkanes of at least 4 members (excludes halogenated alkanes) is 7. The second-order valence-electron chi connectivity index (χ2n) is 6.95. The van der Waals surface area contributed by atoms with Crippen molar-refractivity contribution in [2.75, 3.05) is 0 Å². The zero-order chi connectivity index (χ0) is 14.7. The summed E-state index contributed by atoms with van der Waals surface area (Å²) in [5, 5.41) is 9.00. The van der Waals surface area contributed by atoms with Gasteiger partial charge >= 0.3 is 5.97 Å². The predicted molar refractivity (Wildman–Crippen MR) is 82.4 cm³/mol. The lowest BCUT2D eigenvalue weighted by atomic mass is 9.87. The molecule has 0 saturated heterocycles. The molecule has 0 unspecified atom stereocenters. The topological polar surface area (TPSA) is 37.3 Å². The number of carboxylic acid groups (broad SMARTS) is 1. The summed E-state index contributed by atoms with van der Waals surface area (Å²) in [6.45, 7) is 8.23. The van der Waals surface area contributed by atoms with Gasteiger partial charge in [-0.3, -0.25) is 4.79 Å². The Morgan fingerprint density at radius 1 is 0.895 bits per heavy atom. The molecule has 0 bridgehead atoms. The van der Waals surface area contributed by atoms with Gasteiger partial charge in [0.1, 0.15) is 0 Å². The number of carbonyl (C=O) groups is 1. The van der Waals surface area contributed by atoms with Crippen LogP contribution in [-0.2, 0) is 4.79 Å². The first-order valence-corrected chi connectivity index (χ1v) is 8.09. The normalized spacial score (nSPS) is 12.1. The van der Waals surface area contributed by atoms with Gasteiger partial charge < -0.3 is 5.11 Å². The molecule has 0 aliphatic carbocycles. The zero-order valence-electron chi connectivity index (χ0n) is 13.5. The molecule has 0 aliphatic heterocycles. The van der Waals surface area contributed by atoms with E-state index in [2.05, 4.69) is 13.8 Å². The maximum atomic E-state index is 10.9. The maximum Gasteiger partial charge on any atom is 0.309 e. The van der Waals surface area contributed by atoms with Crippen molar-refractivity contribution in [1.82, 2.24) is 0 Å². The summed E-state index contributed by atoms with van der Waals surface area (Å²) in [4.78, 5) is 10.9. The van der Waals surface area contributed by atoms with Crippen LogP contribution in [0.2, 0.25) is 0 Å². The second-order valence-corrected chi connectivity index (χ2v) is 6.95. The third-order valence-electron chi connectivity index (χ3n) is 3.91. The van der Waals surface area contributed by atoms with E-state index in [1.165, 1.54) is 51.4 Å². The SMILES string of the molecule is CC(C)CCCCCCCCCCC(C)(C)C(=O)O. The van der Waals surface area contributed by atoms with Crippen LogP contribution in [0, 0.1) is 11.3 Å². The Kier molecular flexibility index (Phi) is 9.99. The van der Waals surface area contributed by atoms with Gasteiger partial charge in [-0.05, 0) is 26.2 Å². The number of hydrogen-bond donors (Lipinski definition) is 1. The van der Waals surface area contributed by atoms with Crippen molar-refractivity contribution in [2.24, 2.45) is 11.3 Å². The molecule has 0 amide bonds. The second kappa shape index (κ2) is 10.3. The molecular weight excluding hydrogens is 236 g/mol. The molecule has 2 nitrogen and oxygen atoms in total. The summed E-state index contributed by atoms with van der Waals surface area (Å²) in [7, 11) is 0. The van der Waals surface area contributed by atoms with E-state index < -0.39 is 11.4 Å².